The number of anilines is 1. The van der Waals surface area contributed by atoms with Crippen molar-refractivity contribution in [1.29, 1.82) is 0 Å². The summed E-state index contributed by atoms with van der Waals surface area (Å²) in [7, 11) is 3.78. The molecule has 0 aliphatic heterocycles. The second-order valence-electron chi connectivity index (χ2n) is 8.35. The average Bonchev–Trinajstić information content (AvgIpc) is 3.52. The first-order chi connectivity index (χ1) is 17.0. The smallest absolute Gasteiger partial charge is 0.319 e. The molecular weight excluding hydrogens is 449 g/mol. The summed E-state index contributed by atoms with van der Waals surface area (Å²) in [5, 5.41) is 17.4. The van der Waals surface area contributed by atoms with Crippen LogP contribution in [-0.4, -0.2) is 51.3 Å². The van der Waals surface area contributed by atoms with Crippen LogP contribution in [-0.2, 0) is 13.6 Å². The maximum absolute atomic E-state index is 13.0. The number of hydrogen-bond donors (Lipinski definition) is 2. The minimum atomic E-state index is -0.289. The van der Waals surface area contributed by atoms with E-state index in [4.69, 9.17) is 4.42 Å². The molecule has 4 aromatic rings. The van der Waals surface area contributed by atoms with E-state index in [2.05, 4.69) is 31.1 Å². The van der Waals surface area contributed by atoms with Crippen LogP contribution in [0, 0.1) is 5.82 Å². The van der Waals surface area contributed by atoms with Gasteiger partial charge >= 0.3 is 6.03 Å². The molecular formula is C25H28FN7O2. The van der Waals surface area contributed by atoms with E-state index in [0.717, 1.165) is 42.6 Å². The number of rotatable bonds is 10. The molecule has 0 bridgehead atoms. The third kappa shape index (κ3) is 6.73. The first-order valence-corrected chi connectivity index (χ1v) is 11.4. The van der Waals surface area contributed by atoms with E-state index >= 15 is 0 Å². The normalized spacial score (nSPS) is 11.1. The number of halogens is 1. The molecule has 0 aliphatic rings. The van der Waals surface area contributed by atoms with Crippen molar-refractivity contribution in [2.45, 2.75) is 19.4 Å². The summed E-state index contributed by atoms with van der Waals surface area (Å²) in [6.07, 6.45) is 3.36. The molecule has 2 aromatic carbocycles. The molecule has 35 heavy (non-hydrogen) atoms. The van der Waals surface area contributed by atoms with Gasteiger partial charge in [-0.3, -0.25) is 0 Å². The number of carbonyl (C=O) groups is 1. The highest BCUT2D eigenvalue weighted by Crippen LogP contribution is 2.29. The number of tetrazole rings is 1. The Labute approximate surface area is 202 Å². The first-order valence-electron chi connectivity index (χ1n) is 11.4. The van der Waals surface area contributed by atoms with Crippen molar-refractivity contribution in [2.24, 2.45) is 7.05 Å². The van der Waals surface area contributed by atoms with Crippen LogP contribution < -0.4 is 10.6 Å². The van der Waals surface area contributed by atoms with E-state index in [1.807, 2.05) is 37.4 Å². The van der Waals surface area contributed by atoms with Crippen molar-refractivity contribution in [3.8, 4) is 22.7 Å². The van der Waals surface area contributed by atoms with Gasteiger partial charge in [-0.05, 0) is 84.9 Å². The third-order valence-electron chi connectivity index (χ3n) is 5.49. The van der Waals surface area contributed by atoms with E-state index in [0.29, 0.717) is 23.8 Å². The van der Waals surface area contributed by atoms with Crippen LogP contribution in [0.1, 0.15) is 18.4 Å². The van der Waals surface area contributed by atoms with Gasteiger partial charge in [-0.15, -0.1) is 5.10 Å². The summed E-state index contributed by atoms with van der Waals surface area (Å²) < 4.78 is 20.1. The number of amides is 2. The lowest BCUT2D eigenvalue weighted by Crippen LogP contribution is -2.30. The summed E-state index contributed by atoms with van der Waals surface area (Å²) in [6.45, 7) is 2.18. The first kappa shape index (κ1) is 24.1. The number of furan rings is 1. The Bertz CT molecular complexity index is 1240. The lowest BCUT2D eigenvalue weighted by molar-refractivity contribution is 0.251. The van der Waals surface area contributed by atoms with Gasteiger partial charge in [0.15, 0.2) is 5.82 Å². The zero-order valence-corrected chi connectivity index (χ0v) is 19.7. The van der Waals surface area contributed by atoms with E-state index in [-0.39, 0.29) is 11.8 Å². The number of nitrogens with one attached hydrogen (secondary N) is 2. The molecule has 0 fully saturated rings. The highest BCUT2D eigenvalue weighted by Gasteiger charge is 2.13. The highest BCUT2D eigenvalue weighted by molar-refractivity contribution is 5.91. The SMILES string of the molecule is CN(CCCCNC(=O)Nc1cc(-c2ccco2)cc(-c2nnnn2C)c1)Cc1ccc(F)cc1. The number of aryl methyl sites for hydroxylation is 1. The Morgan fingerprint density at radius 3 is 2.63 bits per heavy atom. The topological polar surface area (TPSA) is 101 Å². The number of aromatic nitrogens is 4. The lowest BCUT2D eigenvalue weighted by Gasteiger charge is -2.16. The van der Waals surface area contributed by atoms with Crippen molar-refractivity contribution in [3.63, 3.8) is 0 Å². The molecule has 2 aromatic heterocycles. The monoisotopic (exact) mass is 477 g/mol. The summed E-state index contributed by atoms with van der Waals surface area (Å²) in [4.78, 5) is 14.7. The van der Waals surface area contributed by atoms with Crippen LogP contribution in [0.25, 0.3) is 22.7 Å². The van der Waals surface area contributed by atoms with Gasteiger partial charge in [0, 0.05) is 37.0 Å². The van der Waals surface area contributed by atoms with Crippen LogP contribution >= 0.6 is 0 Å². The minimum Gasteiger partial charge on any atom is -0.464 e. The van der Waals surface area contributed by atoms with Gasteiger partial charge in [0.05, 0.1) is 6.26 Å². The number of benzene rings is 2. The van der Waals surface area contributed by atoms with Crippen LogP contribution in [0.3, 0.4) is 0 Å². The number of urea groups is 1. The quantitative estimate of drug-likeness (QED) is 0.330. The van der Waals surface area contributed by atoms with Gasteiger partial charge in [-0.25, -0.2) is 13.9 Å². The zero-order chi connectivity index (χ0) is 24.6. The molecule has 0 saturated heterocycles. The summed E-state index contributed by atoms with van der Waals surface area (Å²) in [5.74, 6) is 1.03. The van der Waals surface area contributed by atoms with Crippen LogP contribution in [0.15, 0.2) is 65.3 Å². The second-order valence-corrected chi connectivity index (χ2v) is 8.35. The molecule has 4 rings (SSSR count). The summed E-state index contributed by atoms with van der Waals surface area (Å²) in [5.41, 5.74) is 3.23. The summed E-state index contributed by atoms with van der Waals surface area (Å²) in [6, 6.07) is 15.5. The van der Waals surface area contributed by atoms with Gasteiger partial charge in [0.25, 0.3) is 0 Å². The fourth-order valence-electron chi connectivity index (χ4n) is 3.75. The van der Waals surface area contributed by atoms with Crippen molar-refractivity contribution in [2.75, 3.05) is 25.5 Å². The standard InChI is InChI=1S/C25H28FN7O2/c1-32(17-18-7-9-21(26)10-8-18)12-4-3-11-27-25(34)28-22-15-19(23-6-5-13-35-23)14-20(16-22)24-29-30-31-33(24)2/h5-10,13-16H,3-4,11-12,17H2,1-2H3,(H2,27,28,34). The molecule has 0 spiro atoms. The minimum absolute atomic E-state index is 0.227. The molecule has 2 N–H and O–H groups in total. The number of unbranched alkanes of at least 4 members (excludes halogenated alkanes) is 1. The number of carbonyl (C=O) groups excluding carboxylic acids is 1. The predicted octanol–water partition coefficient (Wildman–Crippen LogP) is 4.31. The largest absolute Gasteiger partial charge is 0.464 e. The van der Waals surface area contributed by atoms with Crippen molar-refractivity contribution in [3.05, 3.63) is 72.2 Å². The van der Waals surface area contributed by atoms with E-state index in [1.165, 1.54) is 12.1 Å². The zero-order valence-electron chi connectivity index (χ0n) is 19.7. The van der Waals surface area contributed by atoms with Crippen LogP contribution in [0.4, 0.5) is 14.9 Å². The van der Waals surface area contributed by atoms with Gasteiger partial charge in [0.1, 0.15) is 11.6 Å². The molecule has 2 heterocycles. The molecule has 9 nitrogen and oxygen atoms in total. The third-order valence-corrected chi connectivity index (χ3v) is 5.49. The molecule has 0 saturated carbocycles. The summed E-state index contributed by atoms with van der Waals surface area (Å²) >= 11 is 0. The van der Waals surface area contributed by atoms with Crippen molar-refractivity contribution >= 4 is 11.7 Å². The van der Waals surface area contributed by atoms with Gasteiger partial charge in [-0.2, -0.15) is 0 Å². The Hall–Kier alpha value is -4.05. The highest BCUT2D eigenvalue weighted by atomic mass is 19.1. The van der Waals surface area contributed by atoms with E-state index in [9.17, 15) is 9.18 Å². The molecule has 0 radical (unpaired) electrons. The van der Waals surface area contributed by atoms with Crippen molar-refractivity contribution in [1.82, 2.24) is 30.4 Å². The Kier molecular flexibility index (Phi) is 7.84. The predicted molar refractivity (Wildman–Crippen MR) is 131 cm³/mol. The maximum atomic E-state index is 13.0. The Morgan fingerprint density at radius 1 is 1.11 bits per heavy atom. The van der Waals surface area contributed by atoms with E-state index < -0.39 is 0 Å². The molecule has 2 amide bonds. The molecule has 10 heteroatoms. The molecule has 0 atom stereocenters. The van der Waals surface area contributed by atoms with Crippen LogP contribution in [0.5, 0.6) is 0 Å². The van der Waals surface area contributed by atoms with E-state index in [1.54, 1.807) is 30.1 Å². The second kappa shape index (κ2) is 11.4. The van der Waals surface area contributed by atoms with Crippen molar-refractivity contribution < 1.29 is 13.6 Å². The fraction of sp³-hybridized carbons (Fsp3) is 0.280. The fourth-order valence-corrected chi connectivity index (χ4v) is 3.75. The van der Waals surface area contributed by atoms with Gasteiger partial charge < -0.3 is 20.0 Å². The maximum Gasteiger partial charge on any atom is 0.319 e. The lowest BCUT2D eigenvalue weighted by atomic mass is 10.1. The Morgan fingerprint density at radius 2 is 1.91 bits per heavy atom. The molecule has 182 valence electrons. The molecule has 0 aliphatic carbocycles. The number of hydrogen-bond acceptors (Lipinski definition) is 6. The van der Waals surface area contributed by atoms with Gasteiger partial charge in [-0.1, -0.05) is 12.1 Å². The average molecular weight is 478 g/mol. The van der Waals surface area contributed by atoms with Crippen LogP contribution in [0.2, 0.25) is 0 Å². The molecule has 0 unspecified atom stereocenters. The Balaban J connectivity index is 1.28. The van der Waals surface area contributed by atoms with Gasteiger partial charge in [0.2, 0.25) is 0 Å². The number of nitrogens with zero attached hydrogens (tertiary/aromatic N) is 5.